The van der Waals surface area contributed by atoms with Crippen molar-refractivity contribution in [2.45, 2.75) is 12.5 Å². The van der Waals surface area contributed by atoms with E-state index in [0.717, 1.165) is 29.1 Å². The van der Waals surface area contributed by atoms with Gasteiger partial charge in [0.2, 0.25) is 0 Å². The zero-order valence-electron chi connectivity index (χ0n) is 8.63. The summed E-state index contributed by atoms with van der Waals surface area (Å²) in [5.41, 5.74) is 0. The van der Waals surface area contributed by atoms with Gasteiger partial charge in [-0.25, -0.2) is 0 Å². The molecule has 1 saturated heterocycles. The zero-order chi connectivity index (χ0) is 10.7. The van der Waals surface area contributed by atoms with E-state index in [-0.39, 0.29) is 0 Å². The zero-order valence-corrected chi connectivity index (χ0v) is 10.2. The third-order valence-electron chi connectivity index (χ3n) is 2.50. The molecule has 1 heterocycles. The summed E-state index contributed by atoms with van der Waals surface area (Å²) in [6, 6.07) is 6.23. The van der Waals surface area contributed by atoms with Gasteiger partial charge in [-0.3, -0.25) is 0 Å². The fourth-order valence-electron chi connectivity index (χ4n) is 1.41. The number of halogens is 1. The SMILES string of the molecule is COc1ccc(OCC2CCN2)c(Br)c1. The van der Waals surface area contributed by atoms with Crippen molar-refractivity contribution in [3.8, 4) is 11.5 Å². The Kier molecular flexibility index (Phi) is 3.49. The Balaban J connectivity index is 1.95. The van der Waals surface area contributed by atoms with E-state index >= 15 is 0 Å². The molecule has 1 aromatic carbocycles. The van der Waals surface area contributed by atoms with E-state index < -0.39 is 0 Å². The summed E-state index contributed by atoms with van der Waals surface area (Å²) in [5.74, 6) is 1.69. The molecule has 3 nitrogen and oxygen atoms in total. The first-order valence-electron chi connectivity index (χ1n) is 4.99. The third-order valence-corrected chi connectivity index (χ3v) is 3.12. The molecule has 1 fully saturated rings. The highest BCUT2D eigenvalue weighted by molar-refractivity contribution is 9.10. The molecule has 0 radical (unpaired) electrons. The third kappa shape index (κ3) is 2.63. The fraction of sp³-hybridized carbons (Fsp3) is 0.455. The predicted molar refractivity (Wildman–Crippen MR) is 62.6 cm³/mol. The summed E-state index contributed by atoms with van der Waals surface area (Å²) in [6.07, 6.45) is 1.20. The van der Waals surface area contributed by atoms with Crippen molar-refractivity contribution in [1.82, 2.24) is 5.32 Å². The van der Waals surface area contributed by atoms with Gasteiger partial charge in [0.25, 0.3) is 0 Å². The lowest BCUT2D eigenvalue weighted by Crippen LogP contribution is -2.46. The molecule has 1 unspecified atom stereocenters. The lowest BCUT2D eigenvalue weighted by Gasteiger charge is -2.27. The molecular formula is C11H14BrNO2. The molecule has 15 heavy (non-hydrogen) atoms. The van der Waals surface area contributed by atoms with E-state index in [2.05, 4.69) is 21.2 Å². The number of rotatable bonds is 4. The van der Waals surface area contributed by atoms with Crippen LogP contribution in [-0.4, -0.2) is 26.3 Å². The van der Waals surface area contributed by atoms with Gasteiger partial charge >= 0.3 is 0 Å². The molecule has 82 valence electrons. The van der Waals surface area contributed by atoms with Crippen LogP contribution in [-0.2, 0) is 0 Å². The van der Waals surface area contributed by atoms with Gasteiger partial charge in [-0.15, -0.1) is 0 Å². The van der Waals surface area contributed by atoms with Gasteiger partial charge < -0.3 is 14.8 Å². The van der Waals surface area contributed by atoms with E-state index in [1.54, 1.807) is 7.11 Å². The number of hydrogen-bond acceptors (Lipinski definition) is 3. The van der Waals surface area contributed by atoms with Gasteiger partial charge in [-0.05, 0) is 47.1 Å². The highest BCUT2D eigenvalue weighted by atomic mass is 79.9. The van der Waals surface area contributed by atoms with Crippen molar-refractivity contribution in [3.05, 3.63) is 22.7 Å². The quantitative estimate of drug-likeness (QED) is 0.911. The highest BCUT2D eigenvalue weighted by Gasteiger charge is 2.17. The molecule has 0 saturated carbocycles. The Morgan fingerprint density at radius 2 is 2.33 bits per heavy atom. The second-order valence-electron chi connectivity index (χ2n) is 3.55. The second kappa shape index (κ2) is 4.86. The van der Waals surface area contributed by atoms with Crippen molar-refractivity contribution in [2.24, 2.45) is 0 Å². The highest BCUT2D eigenvalue weighted by Crippen LogP contribution is 2.29. The molecule has 1 atom stereocenters. The number of benzene rings is 1. The lowest BCUT2D eigenvalue weighted by molar-refractivity contribution is 0.216. The van der Waals surface area contributed by atoms with Gasteiger partial charge in [0.1, 0.15) is 18.1 Å². The molecule has 2 rings (SSSR count). The Hall–Kier alpha value is -0.740. The first-order chi connectivity index (χ1) is 7.29. The maximum Gasteiger partial charge on any atom is 0.133 e. The molecule has 0 aromatic heterocycles. The Morgan fingerprint density at radius 3 is 2.87 bits per heavy atom. The largest absolute Gasteiger partial charge is 0.497 e. The van der Waals surface area contributed by atoms with Gasteiger partial charge in [0.15, 0.2) is 0 Å². The summed E-state index contributed by atoms with van der Waals surface area (Å²) in [4.78, 5) is 0. The van der Waals surface area contributed by atoms with Crippen LogP contribution in [0, 0.1) is 0 Å². The van der Waals surface area contributed by atoms with Gasteiger partial charge in [0, 0.05) is 6.04 Å². The molecule has 1 N–H and O–H groups in total. The van der Waals surface area contributed by atoms with Crippen LogP contribution in [0.25, 0.3) is 0 Å². The average molecular weight is 272 g/mol. The molecule has 1 aromatic rings. The lowest BCUT2D eigenvalue weighted by atomic mass is 10.1. The number of hydrogen-bond donors (Lipinski definition) is 1. The molecule has 4 heteroatoms. The van der Waals surface area contributed by atoms with Crippen LogP contribution in [0.15, 0.2) is 22.7 Å². The van der Waals surface area contributed by atoms with E-state index in [9.17, 15) is 0 Å². The minimum absolute atomic E-state index is 0.513. The molecule has 0 spiro atoms. The van der Waals surface area contributed by atoms with Crippen LogP contribution in [0.2, 0.25) is 0 Å². The predicted octanol–water partition coefficient (Wildman–Crippen LogP) is 2.20. The second-order valence-corrected chi connectivity index (χ2v) is 4.40. The van der Waals surface area contributed by atoms with Crippen LogP contribution in [0.5, 0.6) is 11.5 Å². The molecule has 0 aliphatic carbocycles. The summed E-state index contributed by atoms with van der Waals surface area (Å²) < 4.78 is 11.7. The first kappa shape index (κ1) is 10.8. The van der Waals surface area contributed by atoms with Crippen molar-refractivity contribution in [2.75, 3.05) is 20.3 Å². The maximum absolute atomic E-state index is 5.68. The molecular weight excluding hydrogens is 258 g/mol. The smallest absolute Gasteiger partial charge is 0.133 e. The minimum Gasteiger partial charge on any atom is -0.497 e. The summed E-state index contributed by atoms with van der Waals surface area (Å²) >= 11 is 3.45. The summed E-state index contributed by atoms with van der Waals surface area (Å²) in [6.45, 7) is 1.84. The van der Waals surface area contributed by atoms with Crippen molar-refractivity contribution >= 4 is 15.9 Å². The van der Waals surface area contributed by atoms with Crippen LogP contribution < -0.4 is 14.8 Å². The number of methoxy groups -OCH3 is 1. The molecule has 1 aliphatic heterocycles. The van der Waals surface area contributed by atoms with Crippen LogP contribution in [0.3, 0.4) is 0 Å². The van der Waals surface area contributed by atoms with E-state index in [1.165, 1.54) is 6.42 Å². The number of ether oxygens (including phenoxy) is 2. The Labute approximate surface area is 97.9 Å². The maximum atomic E-state index is 5.68. The van der Waals surface area contributed by atoms with Crippen LogP contribution in [0.4, 0.5) is 0 Å². The molecule has 0 bridgehead atoms. The average Bonchev–Trinajstić information content (AvgIpc) is 2.18. The van der Waals surface area contributed by atoms with E-state index in [4.69, 9.17) is 9.47 Å². The van der Waals surface area contributed by atoms with Crippen LogP contribution >= 0.6 is 15.9 Å². The molecule has 1 aliphatic rings. The van der Waals surface area contributed by atoms with E-state index in [1.807, 2.05) is 18.2 Å². The standard InChI is InChI=1S/C11H14BrNO2/c1-14-9-2-3-11(10(12)6-9)15-7-8-4-5-13-8/h2-3,6,8,13H,4-5,7H2,1H3. The topological polar surface area (TPSA) is 30.5 Å². The Bertz CT molecular complexity index is 339. The van der Waals surface area contributed by atoms with Crippen molar-refractivity contribution < 1.29 is 9.47 Å². The number of nitrogens with one attached hydrogen (secondary N) is 1. The van der Waals surface area contributed by atoms with Gasteiger partial charge in [0.05, 0.1) is 11.6 Å². The minimum atomic E-state index is 0.513. The molecule has 0 amide bonds. The monoisotopic (exact) mass is 271 g/mol. The van der Waals surface area contributed by atoms with Gasteiger partial charge in [-0.1, -0.05) is 0 Å². The van der Waals surface area contributed by atoms with E-state index in [0.29, 0.717) is 6.04 Å². The summed E-state index contributed by atoms with van der Waals surface area (Å²) in [5, 5.41) is 3.29. The first-order valence-corrected chi connectivity index (χ1v) is 5.78. The van der Waals surface area contributed by atoms with Crippen molar-refractivity contribution in [1.29, 1.82) is 0 Å². The van der Waals surface area contributed by atoms with Crippen LogP contribution in [0.1, 0.15) is 6.42 Å². The van der Waals surface area contributed by atoms with Gasteiger partial charge in [-0.2, -0.15) is 0 Å². The fourth-order valence-corrected chi connectivity index (χ4v) is 1.88. The Morgan fingerprint density at radius 1 is 1.53 bits per heavy atom. The summed E-state index contributed by atoms with van der Waals surface area (Å²) in [7, 11) is 1.65. The van der Waals surface area contributed by atoms with Crippen molar-refractivity contribution in [3.63, 3.8) is 0 Å². The normalized spacial score (nSPS) is 19.5.